The number of hydrogen-bond acceptors (Lipinski definition) is 3. The summed E-state index contributed by atoms with van der Waals surface area (Å²) in [5.41, 5.74) is 6.23. The average molecular weight is 569 g/mol. The molecule has 4 atom stereocenters. The van der Waals surface area contributed by atoms with E-state index in [4.69, 9.17) is 0 Å². The molecule has 220 valence electrons. The average Bonchev–Trinajstić information content (AvgIpc) is 3.43. The lowest BCUT2D eigenvalue weighted by atomic mass is 9.80. The molecule has 0 saturated carbocycles. The van der Waals surface area contributed by atoms with Crippen LogP contribution in [0.2, 0.25) is 0 Å². The first kappa shape index (κ1) is 28.3. The summed E-state index contributed by atoms with van der Waals surface area (Å²) in [6, 6.07) is 45.1. The van der Waals surface area contributed by atoms with Gasteiger partial charge in [0.1, 0.15) is 0 Å². The first-order chi connectivity index (χ1) is 21.1. The molecule has 0 spiro atoms. The minimum Gasteiger partial charge on any atom is -0.385 e. The fourth-order valence-corrected chi connectivity index (χ4v) is 8.18. The van der Waals surface area contributed by atoms with Gasteiger partial charge in [0.05, 0.1) is 5.60 Å². The molecule has 3 fully saturated rings. The number of fused-ring (bicyclic) bond motifs is 4. The predicted octanol–water partition coefficient (Wildman–Crippen LogP) is 8.21. The molecular formula is C40H44N2O. The Balaban J connectivity index is 0.000000140. The van der Waals surface area contributed by atoms with E-state index in [-0.39, 0.29) is 0 Å². The summed E-state index contributed by atoms with van der Waals surface area (Å²) in [5.74, 6) is 0. The third-order valence-electron chi connectivity index (χ3n) is 10.3. The van der Waals surface area contributed by atoms with Gasteiger partial charge in [0.2, 0.25) is 0 Å². The van der Waals surface area contributed by atoms with Crippen LogP contribution in [0.4, 0.5) is 0 Å². The smallest absolute Gasteiger partial charge is 0.0926 e. The Morgan fingerprint density at radius 3 is 1.60 bits per heavy atom. The first-order valence-electron chi connectivity index (χ1n) is 16.3. The van der Waals surface area contributed by atoms with E-state index < -0.39 is 5.60 Å². The molecule has 43 heavy (non-hydrogen) atoms. The largest absolute Gasteiger partial charge is 0.385 e. The van der Waals surface area contributed by atoms with Gasteiger partial charge in [0.25, 0.3) is 0 Å². The first-order valence-corrected chi connectivity index (χ1v) is 16.3. The lowest BCUT2D eigenvalue weighted by Crippen LogP contribution is -2.49. The van der Waals surface area contributed by atoms with Crippen LogP contribution >= 0.6 is 0 Å². The molecule has 4 bridgehead atoms. The summed E-state index contributed by atoms with van der Waals surface area (Å²) in [5, 5.41) is 11.2. The zero-order valence-corrected chi connectivity index (χ0v) is 25.1. The van der Waals surface area contributed by atoms with Crippen molar-refractivity contribution in [2.24, 2.45) is 0 Å². The Morgan fingerprint density at radius 1 is 0.558 bits per heavy atom. The van der Waals surface area contributed by atoms with Crippen LogP contribution in [-0.4, -0.2) is 39.1 Å². The summed E-state index contributed by atoms with van der Waals surface area (Å²) in [7, 11) is 0. The van der Waals surface area contributed by atoms with E-state index in [9.17, 15) is 5.11 Å². The van der Waals surface area contributed by atoms with Crippen molar-refractivity contribution in [1.29, 1.82) is 0 Å². The van der Waals surface area contributed by atoms with Gasteiger partial charge in [-0.05, 0) is 72.8 Å². The van der Waals surface area contributed by atoms with Crippen LogP contribution in [0.1, 0.15) is 67.2 Å². The molecule has 0 aromatic heterocycles. The highest BCUT2D eigenvalue weighted by Crippen LogP contribution is 2.46. The van der Waals surface area contributed by atoms with Crippen LogP contribution in [0.25, 0.3) is 5.57 Å². The summed E-state index contributed by atoms with van der Waals surface area (Å²) in [6.45, 7) is 2.11. The lowest BCUT2D eigenvalue weighted by molar-refractivity contribution is -0.0595. The highest BCUT2D eigenvalue weighted by Gasteiger charge is 2.48. The second-order valence-corrected chi connectivity index (χ2v) is 13.1. The van der Waals surface area contributed by atoms with Gasteiger partial charge in [0.15, 0.2) is 0 Å². The van der Waals surface area contributed by atoms with E-state index in [0.29, 0.717) is 18.1 Å². The van der Waals surface area contributed by atoms with Crippen molar-refractivity contribution >= 4 is 5.57 Å². The fourth-order valence-electron chi connectivity index (χ4n) is 8.18. The van der Waals surface area contributed by atoms with Crippen molar-refractivity contribution in [2.45, 2.75) is 87.8 Å². The molecule has 3 saturated heterocycles. The van der Waals surface area contributed by atoms with E-state index in [2.05, 4.69) is 119 Å². The van der Waals surface area contributed by atoms with Gasteiger partial charge in [-0.15, -0.1) is 0 Å². The molecule has 4 aromatic rings. The van der Waals surface area contributed by atoms with Crippen molar-refractivity contribution in [1.82, 2.24) is 9.80 Å². The third-order valence-corrected chi connectivity index (χ3v) is 10.3. The number of aliphatic hydroxyl groups is 1. The topological polar surface area (TPSA) is 26.7 Å². The van der Waals surface area contributed by atoms with Crippen LogP contribution < -0.4 is 0 Å². The van der Waals surface area contributed by atoms with Gasteiger partial charge in [-0.25, -0.2) is 0 Å². The molecule has 4 aromatic carbocycles. The highest BCUT2D eigenvalue weighted by atomic mass is 16.3. The normalized spacial score (nSPS) is 28.2. The lowest BCUT2D eigenvalue weighted by Gasteiger charge is -2.44. The van der Waals surface area contributed by atoms with Gasteiger partial charge >= 0.3 is 0 Å². The zero-order chi connectivity index (χ0) is 29.1. The van der Waals surface area contributed by atoms with E-state index >= 15 is 0 Å². The van der Waals surface area contributed by atoms with Crippen molar-refractivity contribution in [3.63, 3.8) is 0 Å². The van der Waals surface area contributed by atoms with E-state index in [0.717, 1.165) is 37.5 Å². The van der Waals surface area contributed by atoms with E-state index in [1.807, 2.05) is 18.2 Å². The fraction of sp³-hybridized carbons (Fsp3) is 0.350. The maximum absolute atomic E-state index is 11.2. The molecule has 3 nitrogen and oxygen atoms in total. The van der Waals surface area contributed by atoms with Gasteiger partial charge in [-0.3, -0.25) is 9.80 Å². The second kappa shape index (κ2) is 12.6. The van der Waals surface area contributed by atoms with Gasteiger partial charge < -0.3 is 5.11 Å². The molecule has 0 amide bonds. The van der Waals surface area contributed by atoms with Gasteiger partial charge in [0, 0.05) is 37.3 Å². The minimum atomic E-state index is -0.639. The molecule has 4 aliphatic heterocycles. The molecule has 4 heterocycles. The van der Waals surface area contributed by atoms with Crippen LogP contribution in [0, 0.1) is 0 Å². The van der Waals surface area contributed by atoms with Crippen LogP contribution in [0.3, 0.4) is 0 Å². The molecule has 3 heteroatoms. The number of nitrogens with zero attached hydrogens (tertiary/aromatic N) is 2. The summed E-state index contributed by atoms with van der Waals surface area (Å²) >= 11 is 0. The maximum Gasteiger partial charge on any atom is 0.0926 e. The number of rotatable bonds is 6. The van der Waals surface area contributed by atoms with Crippen LogP contribution in [0.15, 0.2) is 127 Å². The van der Waals surface area contributed by atoms with Crippen molar-refractivity contribution < 1.29 is 5.11 Å². The Hall–Kier alpha value is -3.50. The number of piperidine rings is 1. The van der Waals surface area contributed by atoms with Crippen molar-refractivity contribution in [3.8, 4) is 0 Å². The summed E-state index contributed by atoms with van der Waals surface area (Å²) in [6.07, 6.45) is 10.5. The van der Waals surface area contributed by atoms with E-state index in [1.54, 1.807) is 5.57 Å². The quantitative estimate of drug-likeness (QED) is 0.254. The monoisotopic (exact) mass is 568 g/mol. The summed E-state index contributed by atoms with van der Waals surface area (Å²) < 4.78 is 0. The third kappa shape index (κ3) is 6.26. The van der Waals surface area contributed by atoms with Crippen LogP contribution in [-0.2, 0) is 18.7 Å². The molecular weight excluding hydrogens is 524 g/mol. The van der Waals surface area contributed by atoms with Gasteiger partial charge in [-0.2, -0.15) is 0 Å². The minimum absolute atomic E-state index is 0.504. The molecule has 0 aliphatic carbocycles. The Bertz CT molecular complexity index is 1470. The van der Waals surface area contributed by atoms with Gasteiger partial charge in [-0.1, -0.05) is 127 Å². The van der Waals surface area contributed by atoms with Crippen molar-refractivity contribution in [3.05, 3.63) is 150 Å². The zero-order valence-electron chi connectivity index (χ0n) is 25.1. The molecule has 0 radical (unpaired) electrons. The van der Waals surface area contributed by atoms with Crippen LogP contribution in [0.5, 0.6) is 0 Å². The Labute approximate surface area is 257 Å². The predicted molar refractivity (Wildman–Crippen MR) is 176 cm³/mol. The number of benzene rings is 4. The standard InChI is InChI=1S/C20H23NO.C20H21N/c22-20(17-9-5-2-6-10-17)13-18-11-12-19(14-20)21(18)15-16-7-3-1-4-8-16;1-3-7-16(8-4-1)15-21-19-11-12-20(21)14-18(13-19)17-9-5-2-6-10-17/h1-10,18-19,22H,11-15H2;1-10,13,19-20H,11-12,14-15H2. The Morgan fingerprint density at radius 2 is 1.05 bits per heavy atom. The van der Waals surface area contributed by atoms with Crippen molar-refractivity contribution in [2.75, 3.05) is 0 Å². The maximum atomic E-state index is 11.2. The Kier molecular flexibility index (Phi) is 8.30. The second-order valence-electron chi connectivity index (χ2n) is 13.1. The highest BCUT2D eigenvalue weighted by molar-refractivity contribution is 5.68. The summed E-state index contributed by atoms with van der Waals surface area (Å²) in [4.78, 5) is 5.31. The molecule has 4 aliphatic rings. The van der Waals surface area contributed by atoms with E-state index in [1.165, 1.54) is 48.8 Å². The molecule has 8 rings (SSSR count). The molecule has 4 unspecified atom stereocenters. The molecule has 1 N–H and O–H groups in total. The SMILES string of the molecule is C1=C(c2ccccc2)CC2CCC1N2Cc1ccccc1.OC1(c2ccccc2)CC2CCC(C1)N2Cc1ccccc1. The number of hydrogen-bond donors (Lipinski definition) is 1.